The van der Waals surface area contributed by atoms with Gasteiger partial charge in [0.15, 0.2) is 0 Å². The van der Waals surface area contributed by atoms with Crippen molar-refractivity contribution in [2.75, 3.05) is 33.3 Å². The van der Waals surface area contributed by atoms with Gasteiger partial charge in [-0.3, -0.25) is 9.59 Å². The SMILES string of the molecule is COc1ccc(CC(=O)N2CCCN(C(=O)c3cc[nH]c3)CC2)cc1. The lowest BCUT2D eigenvalue weighted by Crippen LogP contribution is -2.37. The second-order valence-electron chi connectivity index (χ2n) is 6.15. The minimum Gasteiger partial charge on any atom is -0.497 e. The quantitative estimate of drug-likeness (QED) is 0.924. The van der Waals surface area contributed by atoms with E-state index in [0.717, 1.165) is 17.7 Å². The molecule has 0 unspecified atom stereocenters. The van der Waals surface area contributed by atoms with E-state index < -0.39 is 0 Å². The Morgan fingerprint density at radius 2 is 1.76 bits per heavy atom. The number of rotatable bonds is 4. The number of ether oxygens (including phenoxy) is 1. The van der Waals surface area contributed by atoms with Crippen LogP contribution in [0.15, 0.2) is 42.7 Å². The van der Waals surface area contributed by atoms with E-state index in [-0.39, 0.29) is 11.8 Å². The molecule has 6 heteroatoms. The fourth-order valence-corrected chi connectivity index (χ4v) is 3.04. The monoisotopic (exact) mass is 341 g/mol. The molecule has 2 heterocycles. The van der Waals surface area contributed by atoms with Crippen molar-refractivity contribution in [2.24, 2.45) is 0 Å². The Morgan fingerprint density at radius 3 is 2.44 bits per heavy atom. The van der Waals surface area contributed by atoms with Gasteiger partial charge in [0.25, 0.3) is 5.91 Å². The zero-order chi connectivity index (χ0) is 17.6. The highest BCUT2D eigenvalue weighted by atomic mass is 16.5. The van der Waals surface area contributed by atoms with Crippen LogP contribution in [0.25, 0.3) is 0 Å². The van der Waals surface area contributed by atoms with Crippen molar-refractivity contribution in [3.63, 3.8) is 0 Å². The van der Waals surface area contributed by atoms with Gasteiger partial charge in [0, 0.05) is 38.6 Å². The highest BCUT2D eigenvalue weighted by Gasteiger charge is 2.23. The number of carbonyl (C=O) groups excluding carboxylic acids is 2. The summed E-state index contributed by atoms with van der Waals surface area (Å²) >= 11 is 0. The van der Waals surface area contributed by atoms with Gasteiger partial charge in [0.2, 0.25) is 5.91 Å². The Bertz CT molecular complexity index is 710. The number of aromatic amines is 1. The van der Waals surface area contributed by atoms with Crippen LogP contribution in [-0.4, -0.2) is 59.9 Å². The van der Waals surface area contributed by atoms with Gasteiger partial charge in [-0.25, -0.2) is 0 Å². The maximum absolute atomic E-state index is 12.6. The minimum atomic E-state index is 0.0192. The molecule has 0 saturated carbocycles. The number of hydrogen-bond acceptors (Lipinski definition) is 3. The minimum absolute atomic E-state index is 0.0192. The molecular formula is C19H23N3O3. The first-order chi connectivity index (χ1) is 12.2. The van der Waals surface area contributed by atoms with Crippen LogP contribution in [0, 0.1) is 0 Å². The number of amides is 2. The molecule has 1 aromatic carbocycles. The van der Waals surface area contributed by atoms with Gasteiger partial charge in [0.1, 0.15) is 5.75 Å². The average Bonchev–Trinajstić information content (AvgIpc) is 3.06. The number of carbonyl (C=O) groups is 2. The molecule has 0 bridgehead atoms. The summed E-state index contributed by atoms with van der Waals surface area (Å²) in [5, 5.41) is 0. The van der Waals surface area contributed by atoms with E-state index in [0.29, 0.717) is 38.2 Å². The van der Waals surface area contributed by atoms with Gasteiger partial charge in [-0.2, -0.15) is 0 Å². The van der Waals surface area contributed by atoms with Crippen LogP contribution in [0.4, 0.5) is 0 Å². The summed E-state index contributed by atoms with van der Waals surface area (Å²) in [5.74, 6) is 0.900. The van der Waals surface area contributed by atoms with Crippen molar-refractivity contribution in [1.29, 1.82) is 0 Å². The molecule has 0 spiro atoms. The zero-order valence-electron chi connectivity index (χ0n) is 14.4. The summed E-state index contributed by atoms with van der Waals surface area (Å²) in [4.78, 5) is 31.6. The lowest BCUT2D eigenvalue weighted by molar-refractivity contribution is -0.130. The number of methoxy groups -OCH3 is 1. The van der Waals surface area contributed by atoms with Gasteiger partial charge in [-0.1, -0.05) is 12.1 Å². The third-order valence-corrected chi connectivity index (χ3v) is 4.50. The smallest absolute Gasteiger partial charge is 0.255 e. The van der Waals surface area contributed by atoms with Gasteiger partial charge < -0.3 is 19.5 Å². The number of nitrogens with one attached hydrogen (secondary N) is 1. The fraction of sp³-hybridized carbons (Fsp3) is 0.368. The molecule has 0 radical (unpaired) electrons. The molecule has 1 saturated heterocycles. The van der Waals surface area contributed by atoms with E-state index in [2.05, 4.69) is 4.98 Å². The van der Waals surface area contributed by atoms with Gasteiger partial charge in [-0.05, 0) is 30.2 Å². The molecule has 1 fully saturated rings. The van der Waals surface area contributed by atoms with Crippen LogP contribution < -0.4 is 4.74 Å². The summed E-state index contributed by atoms with van der Waals surface area (Å²) in [7, 11) is 1.62. The van der Waals surface area contributed by atoms with Gasteiger partial charge in [0.05, 0.1) is 19.1 Å². The van der Waals surface area contributed by atoms with E-state index in [9.17, 15) is 9.59 Å². The number of hydrogen-bond donors (Lipinski definition) is 1. The molecule has 0 atom stereocenters. The molecule has 3 rings (SSSR count). The van der Waals surface area contributed by atoms with Crippen LogP contribution in [0.3, 0.4) is 0 Å². The zero-order valence-corrected chi connectivity index (χ0v) is 14.4. The number of aromatic nitrogens is 1. The Hall–Kier alpha value is -2.76. The molecule has 0 aliphatic carbocycles. The van der Waals surface area contributed by atoms with Crippen LogP contribution in [0.2, 0.25) is 0 Å². The third kappa shape index (κ3) is 4.21. The van der Waals surface area contributed by atoms with Crippen molar-refractivity contribution < 1.29 is 14.3 Å². The van der Waals surface area contributed by atoms with Crippen LogP contribution in [-0.2, 0) is 11.2 Å². The van der Waals surface area contributed by atoms with Crippen LogP contribution in [0.5, 0.6) is 5.75 Å². The molecule has 1 aliphatic heterocycles. The van der Waals surface area contributed by atoms with E-state index in [1.54, 1.807) is 25.6 Å². The topological polar surface area (TPSA) is 65.6 Å². The fourth-order valence-electron chi connectivity index (χ4n) is 3.04. The predicted octanol–water partition coefficient (Wildman–Crippen LogP) is 1.94. The summed E-state index contributed by atoms with van der Waals surface area (Å²) in [6.07, 6.45) is 4.62. The molecule has 2 amide bonds. The van der Waals surface area contributed by atoms with Crippen molar-refractivity contribution in [3.8, 4) is 5.75 Å². The third-order valence-electron chi connectivity index (χ3n) is 4.50. The van der Waals surface area contributed by atoms with Crippen LogP contribution in [0.1, 0.15) is 22.3 Å². The first-order valence-electron chi connectivity index (χ1n) is 8.50. The van der Waals surface area contributed by atoms with Crippen LogP contribution >= 0.6 is 0 Å². The largest absolute Gasteiger partial charge is 0.497 e. The average molecular weight is 341 g/mol. The number of benzene rings is 1. The summed E-state index contributed by atoms with van der Waals surface area (Å²) < 4.78 is 5.14. The Labute approximate surface area is 147 Å². The Kier molecular flexibility index (Phi) is 5.38. The van der Waals surface area contributed by atoms with Gasteiger partial charge >= 0.3 is 0 Å². The molecule has 132 valence electrons. The highest BCUT2D eigenvalue weighted by molar-refractivity contribution is 5.94. The van der Waals surface area contributed by atoms with Crippen molar-refractivity contribution in [3.05, 3.63) is 53.9 Å². The molecule has 1 N–H and O–H groups in total. The lowest BCUT2D eigenvalue weighted by Gasteiger charge is -2.22. The number of nitrogens with zero attached hydrogens (tertiary/aromatic N) is 2. The molecular weight excluding hydrogens is 318 g/mol. The second kappa shape index (κ2) is 7.88. The Balaban J connectivity index is 1.56. The molecule has 25 heavy (non-hydrogen) atoms. The van der Waals surface area contributed by atoms with E-state index in [1.807, 2.05) is 34.1 Å². The molecule has 6 nitrogen and oxygen atoms in total. The molecule has 1 aromatic heterocycles. The molecule has 2 aromatic rings. The first-order valence-corrected chi connectivity index (χ1v) is 8.50. The summed E-state index contributed by atoms with van der Waals surface area (Å²) in [6, 6.07) is 9.33. The number of H-pyrrole nitrogens is 1. The van der Waals surface area contributed by atoms with Crippen molar-refractivity contribution in [2.45, 2.75) is 12.8 Å². The van der Waals surface area contributed by atoms with E-state index in [4.69, 9.17) is 4.74 Å². The maximum atomic E-state index is 12.6. The highest BCUT2D eigenvalue weighted by Crippen LogP contribution is 2.14. The van der Waals surface area contributed by atoms with E-state index >= 15 is 0 Å². The predicted molar refractivity (Wildman–Crippen MR) is 94.6 cm³/mol. The Morgan fingerprint density at radius 1 is 1.04 bits per heavy atom. The standard InChI is InChI=1S/C19H23N3O3/c1-25-17-5-3-15(4-6-17)13-18(23)21-9-2-10-22(12-11-21)19(24)16-7-8-20-14-16/h3-8,14,20H,2,9-13H2,1H3. The summed E-state index contributed by atoms with van der Waals surface area (Å²) in [6.45, 7) is 2.51. The normalized spacial score (nSPS) is 14.9. The summed E-state index contributed by atoms with van der Waals surface area (Å²) in [5.41, 5.74) is 1.63. The van der Waals surface area contributed by atoms with Crippen molar-refractivity contribution in [1.82, 2.24) is 14.8 Å². The van der Waals surface area contributed by atoms with Crippen molar-refractivity contribution >= 4 is 11.8 Å². The second-order valence-corrected chi connectivity index (χ2v) is 6.15. The lowest BCUT2D eigenvalue weighted by atomic mass is 10.1. The maximum Gasteiger partial charge on any atom is 0.255 e. The van der Waals surface area contributed by atoms with E-state index in [1.165, 1.54) is 0 Å². The first kappa shape index (κ1) is 17.1. The van der Waals surface area contributed by atoms with Gasteiger partial charge in [-0.15, -0.1) is 0 Å². The molecule has 1 aliphatic rings.